The van der Waals surface area contributed by atoms with Crippen molar-refractivity contribution >= 4 is 31.2 Å². The second kappa shape index (κ2) is 10.6. The number of carbonyl (C=O) groups is 1. The Hall–Kier alpha value is 0.0500. The number of hydrogen-bond acceptors (Lipinski definition) is 6. The fraction of sp³-hybridized carbons (Fsp3) is 0.875. The molecular formula is C8H18O5S2. The Morgan fingerprint density at radius 2 is 1.27 bits per heavy atom. The minimum Gasteiger partial charge on any atom is -0.478 e. The molecule has 0 aromatic rings. The summed E-state index contributed by atoms with van der Waals surface area (Å²) in [4.78, 5) is 9.62. The first-order chi connectivity index (χ1) is 6.86. The summed E-state index contributed by atoms with van der Waals surface area (Å²) < 4.78 is -2.19. The van der Waals surface area contributed by atoms with E-state index in [1.165, 1.54) is 0 Å². The van der Waals surface area contributed by atoms with E-state index in [0.29, 0.717) is 0 Å². The van der Waals surface area contributed by atoms with Gasteiger partial charge in [0.05, 0.1) is 0 Å². The largest absolute Gasteiger partial charge is 0.478 e. The van der Waals surface area contributed by atoms with Gasteiger partial charge in [0.15, 0.2) is 0 Å². The molecule has 0 heterocycles. The lowest BCUT2D eigenvalue weighted by atomic mass is 10.2. The van der Waals surface area contributed by atoms with Crippen LogP contribution in [0.25, 0.3) is 0 Å². The second-order valence-electron chi connectivity index (χ2n) is 2.80. The summed E-state index contributed by atoms with van der Waals surface area (Å²) in [7, 11) is 0. The van der Waals surface area contributed by atoms with E-state index in [1.807, 2.05) is 0 Å². The van der Waals surface area contributed by atoms with Gasteiger partial charge in [0.1, 0.15) is 0 Å². The zero-order valence-electron chi connectivity index (χ0n) is 8.33. The van der Waals surface area contributed by atoms with Gasteiger partial charge in [-0.3, -0.25) is 0 Å². The summed E-state index contributed by atoms with van der Waals surface area (Å²) in [6.07, 6.45) is 3.83. The first kappa shape index (κ1) is 17.4. The van der Waals surface area contributed by atoms with Gasteiger partial charge < -0.3 is 20.4 Å². The van der Waals surface area contributed by atoms with Gasteiger partial charge in [-0.05, 0) is 12.8 Å². The molecule has 0 aliphatic carbocycles. The zero-order valence-corrected chi connectivity index (χ0v) is 10.1. The third kappa shape index (κ3) is 16.7. The number of hydrogen-bond donors (Lipinski definition) is 6. The van der Waals surface area contributed by atoms with E-state index in [0.717, 1.165) is 25.7 Å². The van der Waals surface area contributed by atoms with Crippen LogP contribution in [0.4, 0.5) is 0 Å². The third-order valence-corrected chi connectivity index (χ3v) is 1.74. The zero-order chi connectivity index (χ0) is 12.3. The molecule has 0 saturated carbocycles. The van der Waals surface area contributed by atoms with Crippen LogP contribution in [0.1, 0.15) is 25.7 Å². The fourth-order valence-corrected chi connectivity index (χ4v) is 0.577. The molecule has 4 N–H and O–H groups in total. The maximum atomic E-state index is 9.62. The van der Waals surface area contributed by atoms with Crippen molar-refractivity contribution in [3.8, 4) is 0 Å². The number of aliphatic carboxylic acids is 1. The number of aliphatic hydroxyl groups is 3. The topological polar surface area (TPSA) is 98.0 Å². The molecule has 15 heavy (non-hydrogen) atoms. The summed E-state index contributed by atoms with van der Waals surface area (Å²) in [5.74, 6) is -1.47. The molecule has 0 unspecified atom stereocenters. The predicted molar refractivity (Wildman–Crippen MR) is 63.2 cm³/mol. The van der Waals surface area contributed by atoms with Crippen LogP contribution >= 0.6 is 25.3 Å². The standard InChI is InChI=1S/C6H14O2.C2H4O3S2/c7-5-3-1-2-4-6-8;3-1(4)2(5,6)7/h7-8H,1-6H2;5-7H,(H,3,4). The van der Waals surface area contributed by atoms with Crippen molar-refractivity contribution in [1.29, 1.82) is 0 Å². The molecule has 0 aromatic carbocycles. The molecule has 0 amide bonds. The van der Waals surface area contributed by atoms with Crippen LogP contribution in [0.15, 0.2) is 0 Å². The van der Waals surface area contributed by atoms with Crippen molar-refractivity contribution in [2.24, 2.45) is 0 Å². The minimum atomic E-state index is -2.19. The Kier molecular flexibility index (Phi) is 12.3. The number of carboxylic acids is 1. The van der Waals surface area contributed by atoms with Gasteiger partial charge in [0.25, 0.3) is 4.27 Å². The maximum absolute atomic E-state index is 9.62. The van der Waals surface area contributed by atoms with Crippen molar-refractivity contribution < 1.29 is 25.2 Å². The highest BCUT2D eigenvalue weighted by Crippen LogP contribution is 2.13. The van der Waals surface area contributed by atoms with Crippen LogP contribution in [-0.2, 0) is 4.79 Å². The van der Waals surface area contributed by atoms with Crippen LogP contribution in [0.3, 0.4) is 0 Å². The molecule has 0 aliphatic rings. The molecule has 0 atom stereocenters. The third-order valence-electron chi connectivity index (χ3n) is 1.35. The highest BCUT2D eigenvalue weighted by molar-refractivity contribution is 8.01. The summed E-state index contributed by atoms with van der Waals surface area (Å²) in [6, 6.07) is 0. The molecule has 0 aromatic heterocycles. The van der Waals surface area contributed by atoms with Crippen LogP contribution in [0, 0.1) is 0 Å². The Morgan fingerprint density at radius 3 is 1.40 bits per heavy atom. The van der Waals surface area contributed by atoms with Gasteiger partial charge in [-0.2, -0.15) is 0 Å². The summed E-state index contributed by atoms with van der Waals surface area (Å²) in [5.41, 5.74) is 0. The molecule has 0 fully saturated rings. The van der Waals surface area contributed by atoms with Crippen LogP contribution in [-0.4, -0.2) is 43.9 Å². The van der Waals surface area contributed by atoms with E-state index in [9.17, 15) is 4.79 Å². The van der Waals surface area contributed by atoms with E-state index >= 15 is 0 Å². The lowest BCUT2D eigenvalue weighted by molar-refractivity contribution is -0.143. The van der Waals surface area contributed by atoms with Crippen molar-refractivity contribution in [2.45, 2.75) is 29.9 Å². The Balaban J connectivity index is 0. The average molecular weight is 258 g/mol. The van der Waals surface area contributed by atoms with E-state index < -0.39 is 10.2 Å². The monoisotopic (exact) mass is 258 g/mol. The highest BCUT2D eigenvalue weighted by atomic mass is 32.2. The molecule has 0 bridgehead atoms. The van der Waals surface area contributed by atoms with E-state index in [1.54, 1.807) is 0 Å². The molecule has 0 spiro atoms. The molecule has 5 nitrogen and oxygen atoms in total. The molecule has 0 radical (unpaired) electrons. The van der Waals surface area contributed by atoms with E-state index in [4.69, 9.17) is 20.4 Å². The van der Waals surface area contributed by atoms with Crippen molar-refractivity contribution in [3.05, 3.63) is 0 Å². The fourth-order valence-electron chi connectivity index (χ4n) is 0.577. The van der Waals surface area contributed by atoms with Gasteiger partial charge in [-0.25, -0.2) is 4.79 Å². The number of aliphatic hydroxyl groups excluding tert-OH is 2. The minimum absolute atomic E-state index is 0.283. The molecule has 0 aliphatic heterocycles. The van der Waals surface area contributed by atoms with Gasteiger partial charge in [0, 0.05) is 13.2 Å². The van der Waals surface area contributed by atoms with Crippen LogP contribution in [0.2, 0.25) is 0 Å². The summed E-state index contributed by atoms with van der Waals surface area (Å²) in [5, 5.41) is 32.7. The Morgan fingerprint density at radius 1 is 1.00 bits per heavy atom. The van der Waals surface area contributed by atoms with E-state index in [2.05, 4.69) is 25.3 Å². The van der Waals surface area contributed by atoms with Gasteiger partial charge in [-0.1, -0.05) is 12.8 Å². The van der Waals surface area contributed by atoms with Crippen molar-refractivity contribution in [3.63, 3.8) is 0 Å². The SMILES string of the molecule is O=C(O)C(O)(S)S.OCCCCCCO. The number of rotatable bonds is 6. The lowest BCUT2D eigenvalue weighted by Crippen LogP contribution is -2.24. The smallest absolute Gasteiger partial charge is 0.357 e. The predicted octanol–water partition coefficient (Wildman–Crippen LogP) is 0.108. The quantitative estimate of drug-likeness (QED) is 0.231. The highest BCUT2D eigenvalue weighted by Gasteiger charge is 2.24. The summed E-state index contributed by atoms with van der Waals surface area (Å²) in [6.45, 7) is 0.566. The van der Waals surface area contributed by atoms with Crippen molar-refractivity contribution in [1.82, 2.24) is 0 Å². The van der Waals surface area contributed by atoms with Crippen molar-refractivity contribution in [2.75, 3.05) is 13.2 Å². The molecule has 7 heteroatoms. The summed E-state index contributed by atoms with van der Waals surface area (Å²) >= 11 is 6.34. The molecule has 0 saturated heterocycles. The lowest BCUT2D eigenvalue weighted by Gasteiger charge is -2.05. The van der Waals surface area contributed by atoms with Crippen LogP contribution in [0.5, 0.6) is 0 Å². The van der Waals surface area contributed by atoms with Gasteiger partial charge >= 0.3 is 5.97 Å². The maximum Gasteiger partial charge on any atom is 0.357 e. The normalized spacial score (nSPS) is 10.5. The Bertz CT molecular complexity index is 152. The van der Waals surface area contributed by atoms with Gasteiger partial charge in [0.2, 0.25) is 0 Å². The second-order valence-corrected chi connectivity index (χ2v) is 4.45. The number of thiol groups is 2. The number of unbranched alkanes of at least 4 members (excludes halogenated alkanes) is 3. The molecular weight excluding hydrogens is 240 g/mol. The number of carboxylic acid groups (broad SMARTS) is 1. The Labute approximate surface area is 99.9 Å². The average Bonchev–Trinajstić information content (AvgIpc) is 2.12. The molecule has 92 valence electrons. The first-order valence-electron chi connectivity index (χ1n) is 4.48. The van der Waals surface area contributed by atoms with Gasteiger partial charge in [-0.15, -0.1) is 25.3 Å². The molecule has 0 rings (SSSR count). The van der Waals surface area contributed by atoms with E-state index in [-0.39, 0.29) is 13.2 Å². The first-order valence-corrected chi connectivity index (χ1v) is 5.38. The van der Waals surface area contributed by atoms with Crippen LogP contribution < -0.4 is 0 Å².